The van der Waals surface area contributed by atoms with Crippen LogP contribution >= 0.6 is 11.6 Å². The number of sulfone groups is 1. The molecular weight excluding hydrogens is 532 g/mol. The molecule has 1 aliphatic rings. The summed E-state index contributed by atoms with van der Waals surface area (Å²) in [7, 11) is -4.58. The van der Waals surface area contributed by atoms with Crippen molar-refractivity contribution in [2.75, 3.05) is 43.1 Å². The molecule has 8 nitrogen and oxygen atoms in total. The van der Waals surface area contributed by atoms with Crippen molar-refractivity contribution in [3.8, 4) is 0 Å². The zero-order valence-electron chi connectivity index (χ0n) is 20.3. The first kappa shape index (κ1) is 25.7. The largest absolute Gasteiger partial charge is 0.354 e. The maximum atomic E-state index is 12.9. The number of amides is 1. The van der Waals surface area contributed by atoms with Gasteiger partial charge in [0.25, 0.3) is 0 Å². The van der Waals surface area contributed by atoms with Crippen molar-refractivity contribution >= 4 is 60.4 Å². The minimum absolute atomic E-state index is 0.0599. The summed E-state index contributed by atoms with van der Waals surface area (Å²) in [6.07, 6.45) is 3.51. The summed E-state index contributed by atoms with van der Waals surface area (Å²) in [4.78, 5) is 21.6. The number of halogens is 1. The van der Waals surface area contributed by atoms with Crippen LogP contribution in [0.5, 0.6) is 0 Å². The lowest BCUT2D eigenvalue weighted by molar-refractivity contribution is -0.131. The number of piperazine rings is 1. The number of rotatable bonds is 7. The molecule has 2 aromatic carbocycles. The molecular formula is C26H27ClN4O4S2. The van der Waals surface area contributed by atoms with E-state index in [9.17, 15) is 17.4 Å². The number of hydrogen-bond donors (Lipinski definition) is 0. The van der Waals surface area contributed by atoms with Crippen LogP contribution in [0.4, 0.5) is 5.82 Å². The van der Waals surface area contributed by atoms with Gasteiger partial charge >= 0.3 is 0 Å². The van der Waals surface area contributed by atoms with E-state index in [2.05, 4.69) is 9.88 Å². The minimum Gasteiger partial charge on any atom is -0.354 e. The molecule has 5 rings (SSSR count). The van der Waals surface area contributed by atoms with Gasteiger partial charge in [-0.15, -0.1) is 0 Å². The third kappa shape index (κ3) is 5.66. The first-order valence-electron chi connectivity index (χ1n) is 11.9. The Morgan fingerprint density at radius 3 is 2.51 bits per heavy atom. The Morgan fingerprint density at radius 2 is 1.76 bits per heavy atom. The van der Waals surface area contributed by atoms with E-state index in [1.165, 1.54) is 0 Å². The zero-order chi connectivity index (χ0) is 26.2. The van der Waals surface area contributed by atoms with E-state index < -0.39 is 20.6 Å². The molecule has 0 aliphatic carbocycles. The average Bonchev–Trinajstić information content (AvgIpc) is 3.29. The van der Waals surface area contributed by atoms with E-state index >= 15 is 0 Å². The van der Waals surface area contributed by atoms with Gasteiger partial charge in [-0.05, 0) is 47.2 Å². The molecule has 1 aliphatic heterocycles. The Morgan fingerprint density at radius 1 is 1.03 bits per heavy atom. The molecule has 2 aromatic heterocycles. The minimum atomic E-state index is -3.60. The SMILES string of the molecule is CS(=O)Cc1cn2c(N3CCN(C(=O)CCS(=O)(=O)c4ccc5cc(Cl)ccc5c4)CC3)cccc2n1. The number of pyridine rings is 1. The predicted molar refractivity (Wildman–Crippen MR) is 147 cm³/mol. The molecule has 1 fully saturated rings. The van der Waals surface area contributed by atoms with Crippen molar-refractivity contribution in [2.24, 2.45) is 0 Å². The van der Waals surface area contributed by atoms with Crippen LogP contribution in [0, 0.1) is 0 Å². The fourth-order valence-corrected chi connectivity index (χ4v) is 6.65. The number of carbonyl (C=O) groups is 1. The number of anilines is 1. The first-order chi connectivity index (χ1) is 17.7. The Labute approximate surface area is 223 Å². The molecule has 37 heavy (non-hydrogen) atoms. The van der Waals surface area contributed by atoms with Crippen molar-refractivity contribution in [1.29, 1.82) is 0 Å². The highest BCUT2D eigenvalue weighted by Crippen LogP contribution is 2.24. The van der Waals surface area contributed by atoms with Crippen molar-refractivity contribution in [1.82, 2.24) is 14.3 Å². The van der Waals surface area contributed by atoms with Crippen molar-refractivity contribution in [2.45, 2.75) is 17.1 Å². The van der Waals surface area contributed by atoms with E-state index in [1.807, 2.05) is 28.8 Å². The molecule has 0 N–H and O–H groups in total. The highest BCUT2D eigenvalue weighted by atomic mass is 35.5. The van der Waals surface area contributed by atoms with Crippen LogP contribution in [0.2, 0.25) is 5.02 Å². The van der Waals surface area contributed by atoms with Crippen molar-refractivity contribution in [3.05, 3.63) is 71.5 Å². The first-order valence-corrected chi connectivity index (χ1v) is 15.7. The van der Waals surface area contributed by atoms with Gasteiger partial charge in [0.05, 0.1) is 22.1 Å². The van der Waals surface area contributed by atoms with Crippen LogP contribution in [-0.4, -0.2) is 71.0 Å². The van der Waals surface area contributed by atoms with Gasteiger partial charge in [0.2, 0.25) is 5.91 Å². The third-order valence-corrected chi connectivity index (χ3v) is 9.20. The summed E-state index contributed by atoms with van der Waals surface area (Å²) in [5.74, 6) is 0.968. The number of hydrogen-bond acceptors (Lipinski definition) is 6. The van der Waals surface area contributed by atoms with E-state index in [1.54, 1.807) is 47.6 Å². The Kier molecular flexibility index (Phi) is 7.24. The molecule has 0 radical (unpaired) electrons. The van der Waals surface area contributed by atoms with Gasteiger partial charge in [0, 0.05) is 60.9 Å². The number of nitrogens with zero attached hydrogens (tertiary/aromatic N) is 4. The number of imidazole rings is 1. The zero-order valence-corrected chi connectivity index (χ0v) is 22.7. The normalized spacial score (nSPS) is 15.4. The van der Waals surface area contributed by atoms with Gasteiger partial charge in [-0.1, -0.05) is 29.8 Å². The van der Waals surface area contributed by atoms with Gasteiger partial charge < -0.3 is 9.80 Å². The van der Waals surface area contributed by atoms with Crippen molar-refractivity contribution in [3.63, 3.8) is 0 Å². The molecule has 194 valence electrons. The molecule has 3 heterocycles. The second-order valence-corrected chi connectivity index (χ2v) is 13.1. The highest BCUT2D eigenvalue weighted by Gasteiger charge is 2.25. The molecule has 1 saturated heterocycles. The fourth-order valence-electron chi connectivity index (χ4n) is 4.65. The third-order valence-electron chi connectivity index (χ3n) is 6.55. The molecule has 4 aromatic rings. The summed E-state index contributed by atoms with van der Waals surface area (Å²) in [5, 5.41) is 2.24. The number of aromatic nitrogens is 2. The smallest absolute Gasteiger partial charge is 0.223 e. The summed E-state index contributed by atoms with van der Waals surface area (Å²) >= 11 is 6.02. The number of carbonyl (C=O) groups excluding carboxylic acids is 1. The van der Waals surface area contributed by atoms with E-state index in [0.717, 1.165) is 27.9 Å². The lowest BCUT2D eigenvalue weighted by Gasteiger charge is -2.36. The van der Waals surface area contributed by atoms with Crippen LogP contribution in [0.1, 0.15) is 12.1 Å². The van der Waals surface area contributed by atoms with Crippen LogP contribution < -0.4 is 4.90 Å². The Balaban J connectivity index is 1.21. The van der Waals surface area contributed by atoms with Gasteiger partial charge in [-0.25, -0.2) is 13.4 Å². The molecule has 0 bridgehead atoms. The molecule has 1 atom stereocenters. The predicted octanol–water partition coefficient (Wildman–Crippen LogP) is 3.53. The summed E-state index contributed by atoms with van der Waals surface area (Å²) in [6.45, 7) is 2.26. The summed E-state index contributed by atoms with van der Waals surface area (Å²) < 4.78 is 39.5. The molecule has 1 amide bonds. The standard InChI is InChI=1S/C26H27ClN4O4S2/c1-36(33)18-22-17-31-24(28-22)3-2-4-25(31)29-10-12-30(13-11-29)26(32)9-14-37(34,35)23-8-6-19-15-21(27)7-5-20(19)16-23/h2-8,15-17H,9-14,18H2,1H3. The van der Waals surface area contributed by atoms with Crippen molar-refractivity contribution < 1.29 is 17.4 Å². The lowest BCUT2D eigenvalue weighted by atomic mass is 10.1. The number of benzene rings is 2. The quantitative estimate of drug-likeness (QED) is 0.344. The van der Waals surface area contributed by atoms with Crippen LogP contribution in [0.15, 0.2) is 65.7 Å². The maximum Gasteiger partial charge on any atom is 0.223 e. The van der Waals surface area contributed by atoms with E-state index in [4.69, 9.17) is 11.6 Å². The average molecular weight is 559 g/mol. The molecule has 1 unspecified atom stereocenters. The second-order valence-electron chi connectivity index (χ2n) is 9.15. The van der Waals surface area contributed by atoms with Crippen LogP contribution in [0.25, 0.3) is 16.4 Å². The van der Waals surface area contributed by atoms with E-state index in [-0.39, 0.29) is 23.0 Å². The van der Waals surface area contributed by atoms with Crippen LogP contribution in [-0.2, 0) is 31.2 Å². The van der Waals surface area contributed by atoms with E-state index in [0.29, 0.717) is 37.0 Å². The Hall–Kier alpha value is -2.95. The summed E-state index contributed by atoms with van der Waals surface area (Å²) in [6, 6.07) is 16.1. The van der Waals surface area contributed by atoms with Gasteiger partial charge in [0.15, 0.2) is 9.84 Å². The van der Waals surface area contributed by atoms with Gasteiger partial charge in [0.1, 0.15) is 11.5 Å². The van der Waals surface area contributed by atoms with Crippen LogP contribution in [0.3, 0.4) is 0 Å². The highest BCUT2D eigenvalue weighted by molar-refractivity contribution is 7.91. The van der Waals surface area contributed by atoms with Gasteiger partial charge in [-0.2, -0.15) is 0 Å². The molecule has 0 saturated carbocycles. The monoisotopic (exact) mass is 558 g/mol. The second kappa shape index (κ2) is 10.4. The molecule has 0 spiro atoms. The lowest BCUT2D eigenvalue weighted by Crippen LogP contribution is -2.49. The Bertz CT molecular complexity index is 1610. The summed E-state index contributed by atoms with van der Waals surface area (Å²) in [5.41, 5.74) is 1.57. The van der Waals surface area contributed by atoms with Gasteiger partial charge in [-0.3, -0.25) is 13.4 Å². The maximum absolute atomic E-state index is 12.9. The fraction of sp³-hybridized carbons (Fsp3) is 0.308. The number of fused-ring (bicyclic) bond motifs is 2. The topological polar surface area (TPSA) is 92.1 Å². The molecule has 11 heteroatoms.